The lowest BCUT2D eigenvalue weighted by molar-refractivity contribution is 0.0929. The van der Waals surface area contributed by atoms with Gasteiger partial charge in [0, 0.05) is 6.04 Å². The van der Waals surface area contributed by atoms with E-state index in [-0.39, 0.29) is 24.0 Å². The van der Waals surface area contributed by atoms with E-state index in [2.05, 4.69) is 5.32 Å². The quantitative estimate of drug-likeness (QED) is 0.702. The highest BCUT2D eigenvalue weighted by atomic mass is 35.5. The van der Waals surface area contributed by atoms with Gasteiger partial charge in [0.15, 0.2) is 0 Å². The molecular weight excluding hydrogens is 371 g/mol. The number of halogens is 2. The first-order valence-corrected chi connectivity index (χ1v) is 8.80. The summed E-state index contributed by atoms with van der Waals surface area (Å²) in [4.78, 5) is 12.3. The summed E-state index contributed by atoms with van der Waals surface area (Å²) >= 11 is 0. The van der Waals surface area contributed by atoms with Gasteiger partial charge in [-0.25, -0.2) is 4.39 Å². The number of carbonyl (C=O) groups excluding carboxylic acids is 1. The molecule has 0 aromatic heterocycles. The molecule has 5 nitrogen and oxygen atoms in total. The fourth-order valence-electron chi connectivity index (χ4n) is 3.12. The zero-order valence-electron chi connectivity index (χ0n) is 14.9. The maximum Gasteiger partial charge on any atom is 0.254 e. The number of rotatable bonds is 6. The van der Waals surface area contributed by atoms with Gasteiger partial charge in [0.2, 0.25) is 0 Å². The standard InChI is InChI=1S/C20H23FN2O3.ClH/c21-19-8-7-17(26-16-5-1-13(2-6-16)9-10-22)12-18(19)20(25)23-14-3-4-15(24)11-14;/h1-2,5-8,12,14-15,24H,3-4,9-11,22H2,(H,23,25);1H/t14-,15+;/m1./s1. The summed E-state index contributed by atoms with van der Waals surface area (Å²) in [5.74, 6) is -0.116. The minimum Gasteiger partial charge on any atom is -0.457 e. The second-order valence-corrected chi connectivity index (χ2v) is 6.56. The van der Waals surface area contributed by atoms with E-state index in [9.17, 15) is 14.3 Å². The third kappa shape index (κ3) is 5.66. The number of amides is 1. The lowest BCUT2D eigenvalue weighted by Gasteiger charge is -2.13. The van der Waals surface area contributed by atoms with Crippen molar-refractivity contribution in [2.24, 2.45) is 5.73 Å². The van der Waals surface area contributed by atoms with E-state index in [1.54, 1.807) is 0 Å². The fourth-order valence-corrected chi connectivity index (χ4v) is 3.12. The van der Waals surface area contributed by atoms with E-state index >= 15 is 0 Å². The third-order valence-electron chi connectivity index (χ3n) is 4.51. The van der Waals surface area contributed by atoms with E-state index in [4.69, 9.17) is 10.5 Å². The average Bonchev–Trinajstić information content (AvgIpc) is 3.03. The van der Waals surface area contributed by atoms with Crippen LogP contribution in [-0.4, -0.2) is 29.7 Å². The minimum absolute atomic E-state index is 0. The van der Waals surface area contributed by atoms with Crippen LogP contribution in [0.15, 0.2) is 42.5 Å². The summed E-state index contributed by atoms with van der Waals surface area (Å²) in [5, 5.41) is 12.3. The molecule has 3 rings (SSSR count). The van der Waals surface area contributed by atoms with E-state index < -0.39 is 17.8 Å². The zero-order chi connectivity index (χ0) is 18.5. The van der Waals surface area contributed by atoms with Crippen LogP contribution in [0.25, 0.3) is 0 Å². The molecule has 7 heteroatoms. The Balaban J connectivity index is 0.00000261. The Bertz CT molecular complexity index is 770. The molecule has 1 fully saturated rings. The predicted molar refractivity (Wildman–Crippen MR) is 104 cm³/mol. The predicted octanol–water partition coefficient (Wildman–Crippen LogP) is 3.18. The topological polar surface area (TPSA) is 84.6 Å². The first kappa shape index (κ1) is 21.2. The van der Waals surface area contributed by atoms with E-state index in [1.165, 1.54) is 18.2 Å². The molecule has 0 heterocycles. The number of nitrogens with two attached hydrogens (primary N) is 1. The van der Waals surface area contributed by atoms with E-state index in [1.807, 2.05) is 24.3 Å². The highest BCUT2D eigenvalue weighted by Crippen LogP contribution is 2.25. The minimum atomic E-state index is -0.605. The number of hydrogen-bond acceptors (Lipinski definition) is 4. The molecule has 1 amide bonds. The van der Waals surface area contributed by atoms with Crippen molar-refractivity contribution in [1.82, 2.24) is 5.32 Å². The average molecular weight is 395 g/mol. The van der Waals surface area contributed by atoms with Gasteiger partial charge in [0.25, 0.3) is 5.91 Å². The van der Waals surface area contributed by atoms with Crippen molar-refractivity contribution in [1.29, 1.82) is 0 Å². The highest BCUT2D eigenvalue weighted by Gasteiger charge is 2.25. The molecule has 1 aliphatic rings. The van der Waals surface area contributed by atoms with Crippen LogP contribution in [0, 0.1) is 5.82 Å². The summed E-state index contributed by atoms with van der Waals surface area (Å²) < 4.78 is 19.8. The number of benzene rings is 2. The number of carbonyl (C=O) groups is 1. The van der Waals surface area contributed by atoms with Crippen molar-refractivity contribution in [3.63, 3.8) is 0 Å². The molecule has 1 aliphatic carbocycles. The SMILES string of the molecule is Cl.NCCc1ccc(Oc2ccc(F)c(C(=O)N[C@@H]3CC[C@H](O)C3)c2)cc1. The van der Waals surface area contributed by atoms with Crippen molar-refractivity contribution >= 4 is 18.3 Å². The summed E-state index contributed by atoms with van der Waals surface area (Å²) in [6, 6.07) is 11.4. The van der Waals surface area contributed by atoms with Crippen LogP contribution in [0.5, 0.6) is 11.5 Å². The fraction of sp³-hybridized carbons (Fsp3) is 0.350. The van der Waals surface area contributed by atoms with Crippen LogP contribution in [0.3, 0.4) is 0 Å². The number of hydrogen-bond donors (Lipinski definition) is 3. The van der Waals surface area contributed by atoms with Crippen molar-refractivity contribution in [3.05, 3.63) is 59.4 Å². The maximum atomic E-state index is 14.1. The van der Waals surface area contributed by atoms with Gasteiger partial charge in [0.1, 0.15) is 17.3 Å². The van der Waals surface area contributed by atoms with Gasteiger partial charge in [-0.3, -0.25) is 4.79 Å². The van der Waals surface area contributed by atoms with Gasteiger partial charge < -0.3 is 20.9 Å². The lowest BCUT2D eigenvalue weighted by atomic mass is 10.1. The molecule has 2 aromatic carbocycles. The Morgan fingerprint density at radius 3 is 2.52 bits per heavy atom. The van der Waals surface area contributed by atoms with Gasteiger partial charge in [-0.2, -0.15) is 0 Å². The highest BCUT2D eigenvalue weighted by molar-refractivity contribution is 5.95. The maximum absolute atomic E-state index is 14.1. The van der Waals surface area contributed by atoms with Gasteiger partial charge in [-0.1, -0.05) is 12.1 Å². The number of ether oxygens (including phenoxy) is 1. The number of nitrogens with one attached hydrogen (secondary N) is 1. The molecule has 2 atom stereocenters. The Hall–Kier alpha value is -2.15. The second-order valence-electron chi connectivity index (χ2n) is 6.56. The van der Waals surface area contributed by atoms with Crippen molar-refractivity contribution in [2.75, 3.05) is 6.54 Å². The first-order valence-electron chi connectivity index (χ1n) is 8.80. The van der Waals surface area contributed by atoms with Gasteiger partial charge >= 0.3 is 0 Å². The largest absolute Gasteiger partial charge is 0.457 e. The van der Waals surface area contributed by atoms with Crippen molar-refractivity contribution < 1.29 is 19.0 Å². The molecule has 2 aromatic rings. The monoisotopic (exact) mass is 394 g/mol. The smallest absolute Gasteiger partial charge is 0.254 e. The molecule has 0 bridgehead atoms. The molecule has 0 unspecified atom stereocenters. The molecule has 0 aliphatic heterocycles. The first-order chi connectivity index (χ1) is 12.5. The van der Waals surface area contributed by atoms with Crippen LogP contribution >= 0.6 is 12.4 Å². The molecule has 4 N–H and O–H groups in total. The van der Waals surface area contributed by atoms with Crippen LogP contribution in [0.4, 0.5) is 4.39 Å². The van der Waals surface area contributed by atoms with Gasteiger partial charge in [0.05, 0.1) is 11.7 Å². The lowest BCUT2D eigenvalue weighted by Crippen LogP contribution is -2.33. The van der Waals surface area contributed by atoms with Crippen molar-refractivity contribution in [3.8, 4) is 11.5 Å². The Labute approximate surface area is 164 Å². The molecular formula is C20H24ClFN2O3. The number of aliphatic hydroxyl groups is 1. The summed E-state index contributed by atoms with van der Waals surface area (Å²) in [6.07, 6.45) is 2.23. The molecule has 0 saturated heterocycles. The van der Waals surface area contributed by atoms with E-state index in [0.29, 0.717) is 37.3 Å². The molecule has 146 valence electrons. The Morgan fingerprint density at radius 2 is 1.89 bits per heavy atom. The van der Waals surface area contributed by atoms with Crippen LogP contribution < -0.4 is 15.8 Å². The molecule has 1 saturated carbocycles. The number of aliphatic hydroxyl groups excluding tert-OH is 1. The zero-order valence-corrected chi connectivity index (χ0v) is 15.7. The van der Waals surface area contributed by atoms with Crippen LogP contribution in [0.1, 0.15) is 35.2 Å². The summed E-state index contributed by atoms with van der Waals surface area (Å²) in [7, 11) is 0. The second kappa shape index (κ2) is 9.69. The summed E-state index contributed by atoms with van der Waals surface area (Å²) in [5.41, 5.74) is 6.57. The van der Waals surface area contributed by atoms with Crippen molar-refractivity contribution in [2.45, 2.75) is 37.8 Å². The van der Waals surface area contributed by atoms with Crippen LogP contribution in [0.2, 0.25) is 0 Å². The Morgan fingerprint density at radius 1 is 1.19 bits per heavy atom. The van der Waals surface area contributed by atoms with Gasteiger partial charge in [-0.05, 0) is 68.1 Å². The normalized spacial score (nSPS) is 18.6. The molecule has 27 heavy (non-hydrogen) atoms. The third-order valence-corrected chi connectivity index (χ3v) is 4.51. The summed E-state index contributed by atoms with van der Waals surface area (Å²) in [6.45, 7) is 0.578. The van der Waals surface area contributed by atoms with Crippen LogP contribution in [-0.2, 0) is 6.42 Å². The molecule has 0 radical (unpaired) electrons. The van der Waals surface area contributed by atoms with E-state index in [0.717, 1.165) is 12.0 Å². The molecule has 0 spiro atoms. The van der Waals surface area contributed by atoms with Gasteiger partial charge in [-0.15, -0.1) is 12.4 Å². The Kier molecular flexibility index (Phi) is 7.59.